The maximum Gasteiger partial charge on any atom is 0.335 e. The van der Waals surface area contributed by atoms with Crippen LogP contribution in [0.1, 0.15) is 15.9 Å². The third-order valence-corrected chi connectivity index (χ3v) is 4.40. The summed E-state index contributed by atoms with van der Waals surface area (Å²) in [4.78, 5) is 15.4. The van der Waals surface area contributed by atoms with E-state index in [0.717, 1.165) is 22.7 Å². The van der Waals surface area contributed by atoms with Crippen molar-refractivity contribution in [2.24, 2.45) is 0 Å². The summed E-state index contributed by atoms with van der Waals surface area (Å²) in [7, 11) is 0. The van der Waals surface area contributed by atoms with Gasteiger partial charge in [0.05, 0.1) is 5.56 Å². The summed E-state index contributed by atoms with van der Waals surface area (Å²) in [5.74, 6) is -2.21. The van der Waals surface area contributed by atoms with E-state index in [-0.39, 0.29) is 5.56 Å². The molecule has 0 saturated carbocycles. The van der Waals surface area contributed by atoms with Gasteiger partial charge in [0, 0.05) is 41.5 Å². The zero-order valence-electron chi connectivity index (χ0n) is 14.1. The van der Waals surface area contributed by atoms with Crippen molar-refractivity contribution in [2.45, 2.75) is 6.54 Å². The van der Waals surface area contributed by atoms with Crippen LogP contribution in [0.15, 0.2) is 67.0 Å². The molecule has 0 aliphatic carbocycles. The summed E-state index contributed by atoms with van der Waals surface area (Å²) in [5.41, 5.74) is 2.77. The van der Waals surface area contributed by atoms with E-state index in [1.807, 2.05) is 22.9 Å². The third-order valence-electron chi connectivity index (χ3n) is 4.40. The van der Waals surface area contributed by atoms with Crippen molar-refractivity contribution in [2.75, 3.05) is 0 Å². The average Bonchev–Trinajstić information content (AvgIpc) is 3.04. The Kier molecular flexibility index (Phi) is 4.16. The molecule has 0 aliphatic rings. The maximum atomic E-state index is 14.0. The van der Waals surface area contributed by atoms with Gasteiger partial charge >= 0.3 is 5.97 Å². The Morgan fingerprint density at radius 1 is 1.04 bits per heavy atom. The van der Waals surface area contributed by atoms with Crippen molar-refractivity contribution in [3.63, 3.8) is 0 Å². The van der Waals surface area contributed by atoms with Gasteiger partial charge in [-0.25, -0.2) is 18.6 Å². The standard InChI is InChI=1S/C21H14F2N2O2/c22-17-5-6-18(19(23)10-17)16-9-15-7-8-25(20(15)24-11-16)12-13-1-3-14(4-2-13)21(26)27/h1-11H,12H2,(H,26,27). The fourth-order valence-electron chi connectivity index (χ4n) is 3.03. The van der Waals surface area contributed by atoms with Crippen LogP contribution in [0.5, 0.6) is 0 Å². The van der Waals surface area contributed by atoms with Crippen LogP contribution in [-0.2, 0) is 6.54 Å². The normalized spacial score (nSPS) is 11.0. The Morgan fingerprint density at radius 2 is 1.81 bits per heavy atom. The van der Waals surface area contributed by atoms with Crippen molar-refractivity contribution >= 4 is 17.0 Å². The highest BCUT2D eigenvalue weighted by Gasteiger charge is 2.10. The Labute approximate surface area is 153 Å². The number of rotatable bonds is 4. The molecule has 0 saturated heterocycles. The molecular weight excluding hydrogens is 350 g/mol. The van der Waals surface area contributed by atoms with Gasteiger partial charge in [-0.1, -0.05) is 12.1 Å². The predicted molar refractivity (Wildman–Crippen MR) is 97.6 cm³/mol. The largest absolute Gasteiger partial charge is 0.478 e. The summed E-state index contributed by atoms with van der Waals surface area (Å²) in [6.07, 6.45) is 3.43. The first kappa shape index (κ1) is 16.9. The number of benzene rings is 2. The van der Waals surface area contributed by atoms with Gasteiger partial charge in [-0.05, 0) is 42.0 Å². The lowest BCUT2D eigenvalue weighted by molar-refractivity contribution is 0.0697. The minimum Gasteiger partial charge on any atom is -0.478 e. The molecule has 6 heteroatoms. The second kappa shape index (κ2) is 6.64. The van der Waals surface area contributed by atoms with Gasteiger partial charge in [-0.15, -0.1) is 0 Å². The molecule has 2 aromatic heterocycles. The zero-order valence-corrected chi connectivity index (χ0v) is 14.1. The minimum atomic E-state index is -0.963. The first-order valence-corrected chi connectivity index (χ1v) is 8.24. The number of carboxylic acids is 1. The van der Waals surface area contributed by atoms with Crippen LogP contribution in [0.4, 0.5) is 8.78 Å². The van der Waals surface area contributed by atoms with Gasteiger partial charge in [0.2, 0.25) is 0 Å². The van der Waals surface area contributed by atoms with E-state index >= 15 is 0 Å². The number of hydrogen-bond acceptors (Lipinski definition) is 2. The van der Waals surface area contributed by atoms with Crippen LogP contribution in [0.25, 0.3) is 22.2 Å². The number of aromatic nitrogens is 2. The van der Waals surface area contributed by atoms with Gasteiger partial charge in [-0.2, -0.15) is 0 Å². The van der Waals surface area contributed by atoms with Crippen molar-refractivity contribution in [3.05, 3.63) is 89.8 Å². The van der Waals surface area contributed by atoms with Gasteiger partial charge in [0.15, 0.2) is 0 Å². The number of carboxylic acid groups (broad SMARTS) is 1. The van der Waals surface area contributed by atoms with Crippen molar-refractivity contribution < 1.29 is 18.7 Å². The molecule has 0 atom stereocenters. The highest BCUT2D eigenvalue weighted by atomic mass is 19.1. The Morgan fingerprint density at radius 3 is 2.52 bits per heavy atom. The SMILES string of the molecule is O=C(O)c1ccc(Cn2ccc3cc(-c4ccc(F)cc4F)cnc32)cc1. The molecule has 0 fully saturated rings. The number of fused-ring (bicyclic) bond motifs is 1. The van der Waals surface area contributed by atoms with E-state index in [1.165, 1.54) is 12.1 Å². The number of aromatic carboxylic acids is 1. The number of pyridine rings is 1. The Balaban J connectivity index is 1.65. The second-order valence-corrected chi connectivity index (χ2v) is 6.21. The van der Waals surface area contributed by atoms with Crippen molar-refractivity contribution in [1.29, 1.82) is 0 Å². The van der Waals surface area contributed by atoms with Crippen molar-refractivity contribution in [1.82, 2.24) is 9.55 Å². The highest BCUT2D eigenvalue weighted by Crippen LogP contribution is 2.26. The summed E-state index contributed by atoms with van der Waals surface area (Å²) in [5, 5.41) is 9.80. The monoisotopic (exact) mass is 364 g/mol. The van der Waals surface area contributed by atoms with E-state index in [2.05, 4.69) is 4.98 Å². The molecule has 0 radical (unpaired) electrons. The molecule has 0 unspecified atom stereocenters. The molecular formula is C21H14F2N2O2. The van der Waals surface area contributed by atoms with Gasteiger partial charge in [0.25, 0.3) is 0 Å². The van der Waals surface area contributed by atoms with E-state index in [1.54, 1.807) is 30.5 Å². The molecule has 4 aromatic rings. The second-order valence-electron chi connectivity index (χ2n) is 6.21. The van der Waals surface area contributed by atoms with E-state index in [9.17, 15) is 13.6 Å². The van der Waals surface area contributed by atoms with Crippen LogP contribution in [0, 0.1) is 11.6 Å². The number of nitrogens with zero attached hydrogens (tertiary/aromatic N) is 2. The van der Waals surface area contributed by atoms with Crippen LogP contribution in [0.3, 0.4) is 0 Å². The molecule has 0 aliphatic heterocycles. The van der Waals surface area contributed by atoms with Crippen LogP contribution in [0.2, 0.25) is 0 Å². The van der Waals surface area contributed by atoms with Gasteiger partial charge in [0.1, 0.15) is 17.3 Å². The average molecular weight is 364 g/mol. The zero-order chi connectivity index (χ0) is 19.0. The van der Waals surface area contributed by atoms with Crippen LogP contribution >= 0.6 is 0 Å². The lowest BCUT2D eigenvalue weighted by Gasteiger charge is -2.07. The fourth-order valence-corrected chi connectivity index (χ4v) is 3.03. The fraction of sp³-hybridized carbons (Fsp3) is 0.0476. The molecule has 134 valence electrons. The predicted octanol–water partition coefficient (Wildman–Crippen LogP) is 4.73. The summed E-state index contributed by atoms with van der Waals surface area (Å²) in [6.45, 7) is 0.528. The van der Waals surface area contributed by atoms with Crippen LogP contribution < -0.4 is 0 Å². The summed E-state index contributed by atoms with van der Waals surface area (Å²) >= 11 is 0. The quantitative estimate of drug-likeness (QED) is 0.570. The minimum absolute atomic E-state index is 0.236. The van der Waals surface area contributed by atoms with Gasteiger partial charge in [-0.3, -0.25) is 0 Å². The number of hydrogen-bond donors (Lipinski definition) is 1. The topological polar surface area (TPSA) is 55.1 Å². The molecule has 1 N–H and O–H groups in total. The van der Waals surface area contributed by atoms with Gasteiger partial charge < -0.3 is 9.67 Å². The van der Waals surface area contributed by atoms with E-state index in [4.69, 9.17) is 5.11 Å². The molecule has 4 nitrogen and oxygen atoms in total. The number of halogens is 2. The molecule has 0 bridgehead atoms. The molecule has 0 amide bonds. The summed E-state index contributed by atoms with van der Waals surface area (Å²) in [6, 6.07) is 13.8. The van der Waals surface area contributed by atoms with E-state index in [0.29, 0.717) is 17.7 Å². The molecule has 2 heterocycles. The molecule has 2 aromatic carbocycles. The Hall–Kier alpha value is -3.54. The smallest absolute Gasteiger partial charge is 0.335 e. The lowest BCUT2D eigenvalue weighted by atomic mass is 10.1. The number of carbonyl (C=O) groups is 1. The first-order chi connectivity index (χ1) is 13.0. The molecule has 27 heavy (non-hydrogen) atoms. The Bertz CT molecular complexity index is 1150. The van der Waals surface area contributed by atoms with E-state index < -0.39 is 17.6 Å². The third kappa shape index (κ3) is 3.29. The summed E-state index contributed by atoms with van der Waals surface area (Å²) < 4.78 is 29.0. The molecule has 0 spiro atoms. The van der Waals surface area contributed by atoms with Crippen molar-refractivity contribution in [3.8, 4) is 11.1 Å². The lowest BCUT2D eigenvalue weighted by Crippen LogP contribution is -2.01. The van der Waals surface area contributed by atoms with Crippen LogP contribution in [-0.4, -0.2) is 20.6 Å². The molecule has 4 rings (SSSR count). The maximum absolute atomic E-state index is 14.0. The highest BCUT2D eigenvalue weighted by molar-refractivity contribution is 5.87. The first-order valence-electron chi connectivity index (χ1n) is 8.24.